The third kappa shape index (κ3) is 4.14. The third-order valence-corrected chi connectivity index (χ3v) is 4.93. The van der Waals surface area contributed by atoms with Crippen LogP contribution in [0, 0.1) is 0 Å². The second-order valence-electron chi connectivity index (χ2n) is 6.82. The van der Waals surface area contributed by atoms with Crippen molar-refractivity contribution in [3.63, 3.8) is 0 Å². The molecule has 0 saturated carbocycles. The molecule has 1 unspecified atom stereocenters. The van der Waals surface area contributed by atoms with Gasteiger partial charge < -0.3 is 15.2 Å². The van der Waals surface area contributed by atoms with E-state index < -0.39 is 0 Å². The number of aromatic nitrogens is 5. The topological polar surface area (TPSA) is 80.6 Å². The van der Waals surface area contributed by atoms with Crippen LogP contribution in [-0.2, 0) is 19.4 Å². The Bertz CT molecular complexity index is 862. The van der Waals surface area contributed by atoms with Gasteiger partial charge in [-0.3, -0.25) is 4.98 Å². The van der Waals surface area contributed by atoms with Gasteiger partial charge in [0.25, 0.3) is 0 Å². The first-order valence-electron chi connectivity index (χ1n) is 9.56. The Hall–Kier alpha value is -2.80. The molecular weight excluding hydrogens is 338 g/mol. The number of nitrogens with one attached hydrogen (secondary N) is 2. The minimum Gasteiger partial charge on any atom is -0.365 e. The second kappa shape index (κ2) is 8.26. The molecule has 7 nitrogen and oxygen atoms in total. The van der Waals surface area contributed by atoms with Crippen LogP contribution in [0.5, 0.6) is 0 Å². The normalized spacial score (nSPS) is 15.0. The van der Waals surface area contributed by atoms with Gasteiger partial charge in [-0.1, -0.05) is 6.92 Å². The van der Waals surface area contributed by atoms with E-state index in [2.05, 4.69) is 32.1 Å². The summed E-state index contributed by atoms with van der Waals surface area (Å²) in [6, 6.07) is 4.21. The molecule has 2 N–H and O–H groups in total. The standard InChI is InChI=1S/C20H25N7/c1-2-16(13-27-11-10-23-14-27)24-20-17-5-8-21-9-6-18(17)25-19(26-20)15-4-3-7-22-12-15/h3-4,7,10-12,14,16,21H,2,5-6,8-9,13H2,1H3,(H,24,25,26). The molecule has 0 radical (unpaired) electrons. The van der Waals surface area contributed by atoms with Gasteiger partial charge in [0.2, 0.25) is 0 Å². The van der Waals surface area contributed by atoms with Crippen molar-refractivity contribution in [1.82, 2.24) is 29.8 Å². The van der Waals surface area contributed by atoms with E-state index in [1.165, 1.54) is 5.56 Å². The summed E-state index contributed by atoms with van der Waals surface area (Å²) < 4.78 is 2.10. The quantitative estimate of drug-likeness (QED) is 0.700. The maximum atomic E-state index is 4.90. The van der Waals surface area contributed by atoms with Crippen LogP contribution in [0.25, 0.3) is 11.4 Å². The molecule has 3 aromatic rings. The summed E-state index contributed by atoms with van der Waals surface area (Å²) in [5, 5.41) is 7.15. The van der Waals surface area contributed by atoms with Crippen molar-refractivity contribution < 1.29 is 0 Å². The predicted octanol–water partition coefficient (Wildman–Crippen LogP) is 2.31. The van der Waals surface area contributed by atoms with Crippen LogP contribution in [0.4, 0.5) is 5.82 Å². The molecule has 0 spiro atoms. The van der Waals surface area contributed by atoms with Gasteiger partial charge in [-0.25, -0.2) is 15.0 Å². The Labute approximate surface area is 159 Å². The molecule has 1 atom stereocenters. The van der Waals surface area contributed by atoms with E-state index in [1.807, 2.05) is 37.1 Å². The molecule has 0 amide bonds. The molecular formula is C20H25N7. The van der Waals surface area contributed by atoms with Crippen LogP contribution in [0.3, 0.4) is 0 Å². The number of rotatable bonds is 6. The Kier molecular flexibility index (Phi) is 5.39. The van der Waals surface area contributed by atoms with Gasteiger partial charge in [-0.15, -0.1) is 0 Å². The van der Waals surface area contributed by atoms with Gasteiger partial charge in [-0.2, -0.15) is 0 Å². The zero-order valence-electron chi connectivity index (χ0n) is 15.6. The van der Waals surface area contributed by atoms with Crippen LogP contribution in [0.15, 0.2) is 43.2 Å². The third-order valence-electron chi connectivity index (χ3n) is 4.93. The number of anilines is 1. The van der Waals surface area contributed by atoms with Gasteiger partial charge in [0.15, 0.2) is 5.82 Å². The first-order chi connectivity index (χ1) is 13.3. The lowest BCUT2D eigenvalue weighted by Crippen LogP contribution is -2.26. The fourth-order valence-corrected chi connectivity index (χ4v) is 3.41. The molecule has 1 aliphatic heterocycles. The van der Waals surface area contributed by atoms with Crippen molar-refractivity contribution in [2.75, 3.05) is 18.4 Å². The number of fused-ring (bicyclic) bond motifs is 1. The predicted molar refractivity (Wildman–Crippen MR) is 105 cm³/mol. The van der Waals surface area contributed by atoms with Crippen LogP contribution in [0.2, 0.25) is 0 Å². The lowest BCUT2D eigenvalue weighted by molar-refractivity contribution is 0.566. The fraction of sp³-hybridized carbons (Fsp3) is 0.400. The zero-order valence-corrected chi connectivity index (χ0v) is 15.6. The molecule has 140 valence electrons. The van der Waals surface area contributed by atoms with Crippen molar-refractivity contribution in [2.24, 2.45) is 0 Å². The highest BCUT2D eigenvalue weighted by molar-refractivity contribution is 5.59. The molecule has 0 saturated heterocycles. The summed E-state index contributed by atoms with van der Waals surface area (Å²) in [4.78, 5) is 18.1. The lowest BCUT2D eigenvalue weighted by Gasteiger charge is -2.21. The highest BCUT2D eigenvalue weighted by Crippen LogP contribution is 2.25. The van der Waals surface area contributed by atoms with E-state index in [4.69, 9.17) is 9.97 Å². The summed E-state index contributed by atoms with van der Waals surface area (Å²) in [5.74, 6) is 1.69. The van der Waals surface area contributed by atoms with Gasteiger partial charge >= 0.3 is 0 Å². The first-order valence-corrected chi connectivity index (χ1v) is 9.56. The number of hydrogen-bond acceptors (Lipinski definition) is 6. The first kappa shape index (κ1) is 17.6. The Morgan fingerprint density at radius 3 is 2.89 bits per heavy atom. The molecule has 3 aromatic heterocycles. The summed E-state index contributed by atoms with van der Waals surface area (Å²) in [6.07, 6.45) is 12.1. The van der Waals surface area contributed by atoms with Crippen molar-refractivity contribution in [3.05, 3.63) is 54.5 Å². The van der Waals surface area contributed by atoms with Crippen molar-refractivity contribution in [3.8, 4) is 11.4 Å². The van der Waals surface area contributed by atoms with Gasteiger partial charge in [0.05, 0.1) is 12.0 Å². The molecule has 0 aromatic carbocycles. The molecule has 4 rings (SSSR count). The van der Waals surface area contributed by atoms with E-state index in [1.54, 1.807) is 6.20 Å². The molecule has 7 heteroatoms. The SMILES string of the molecule is CCC(Cn1ccnc1)Nc1nc(-c2cccnc2)nc2c1CCNCC2. The van der Waals surface area contributed by atoms with Crippen molar-refractivity contribution in [2.45, 2.75) is 38.8 Å². The minimum absolute atomic E-state index is 0.274. The van der Waals surface area contributed by atoms with Crippen LogP contribution in [-0.4, -0.2) is 43.6 Å². The number of pyridine rings is 1. The van der Waals surface area contributed by atoms with Crippen LogP contribution >= 0.6 is 0 Å². The second-order valence-corrected chi connectivity index (χ2v) is 6.82. The van der Waals surface area contributed by atoms with E-state index in [-0.39, 0.29) is 6.04 Å². The number of hydrogen-bond donors (Lipinski definition) is 2. The van der Waals surface area contributed by atoms with Crippen LogP contribution in [0.1, 0.15) is 24.6 Å². The van der Waals surface area contributed by atoms with Crippen molar-refractivity contribution in [1.29, 1.82) is 0 Å². The molecule has 0 fully saturated rings. The maximum absolute atomic E-state index is 4.90. The molecule has 1 aliphatic rings. The molecule has 27 heavy (non-hydrogen) atoms. The van der Waals surface area contributed by atoms with E-state index >= 15 is 0 Å². The monoisotopic (exact) mass is 363 g/mol. The Balaban J connectivity index is 1.68. The van der Waals surface area contributed by atoms with E-state index in [0.717, 1.165) is 61.8 Å². The molecule has 0 aliphatic carbocycles. The molecule has 0 bridgehead atoms. The number of imidazole rings is 1. The van der Waals surface area contributed by atoms with E-state index in [9.17, 15) is 0 Å². The number of nitrogens with zero attached hydrogens (tertiary/aromatic N) is 5. The lowest BCUT2D eigenvalue weighted by atomic mass is 10.1. The summed E-state index contributed by atoms with van der Waals surface area (Å²) in [5.41, 5.74) is 3.31. The smallest absolute Gasteiger partial charge is 0.163 e. The highest BCUT2D eigenvalue weighted by atomic mass is 15.1. The van der Waals surface area contributed by atoms with Gasteiger partial charge in [-0.05, 0) is 31.5 Å². The van der Waals surface area contributed by atoms with Crippen LogP contribution < -0.4 is 10.6 Å². The average Bonchev–Trinajstić information content (AvgIpc) is 3.10. The zero-order chi connectivity index (χ0) is 18.5. The summed E-state index contributed by atoms with van der Waals surface area (Å²) in [7, 11) is 0. The van der Waals surface area contributed by atoms with Crippen molar-refractivity contribution >= 4 is 5.82 Å². The molecule has 4 heterocycles. The summed E-state index contributed by atoms with van der Waals surface area (Å²) >= 11 is 0. The fourth-order valence-electron chi connectivity index (χ4n) is 3.41. The van der Waals surface area contributed by atoms with Gasteiger partial charge in [0, 0.05) is 61.5 Å². The van der Waals surface area contributed by atoms with E-state index in [0.29, 0.717) is 0 Å². The Morgan fingerprint density at radius 2 is 2.11 bits per heavy atom. The Morgan fingerprint density at radius 1 is 1.19 bits per heavy atom. The minimum atomic E-state index is 0.274. The summed E-state index contributed by atoms with van der Waals surface area (Å²) in [6.45, 7) is 4.95. The average molecular weight is 363 g/mol. The maximum Gasteiger partial charge on any atom is 0.163 e. The largest absolute Gasteiger partial charge is 0.365 e. The van der Waals surface area contributed by atoms with Gasteiger partial charge in [0.1, 0.15) is 5.82 Å². The highest BCUT2D eigenvalue weighted by Gasteiger charge is 2.19.